The average molecular weight is 305 g/mol. The van der Waals surface area contributed by atoms with Crippen molar-refractivity contribution in [1.29, 1.82) is 0 Å². The minimum atomic E-state index is -0.115. The van der Waals surface area contributed by atoms with Gasteiger partial charge in [0, 0.05) is 6.54 Å². The Morgan fingerprint density at radius 1 is 1.43 bits per heavy atom. The Morgan fingerprint density at radius 2 is 2.24 bits per heavy atom. The number of nitrogens with zero attached hydrogens (tertiary/aromatic N) is 2. The molecule has 112 valence electrons. The summed E-state index contributed by atoms with van der Waals surface area (Å²) in [5.41, 5.74) is 1.21. The summed E-state index contributed by atoms with van der Waals surface area (Å²) in [4.78, 5) is 21.1. The lowest BCUT2D eigenvalue weighted by atomic mass is 10.2. The minimum absolute atomic E-state index is 0.115. The monoisotopic (exact) mass is 305 g/mol. The Kier molecular flexibility index (Phi) is 5.38. The van der Waals surface area contributed by atoms with E-state index in [2.05, 4.69) is 22.2 Å². The summed E-state index contributed by atoms with van der Waals surface area (Å²) >= 11 is 1.43. The lowest BCUT2D eigenvalue weighted by Crippen LogP contribution is -2.26. The third kappa shape index (κ3) is 3.64. The van der Waals surface area contributed by atoms with Gasteiger partial charge in [0.05, 0.1) is 17.5 Å². The number of aryl methyl sites for hydroxylation is 1. The lowest BCUT2D eigenvalue weighted by molar-refractivity contribution is 0.0948. The first-order valence-electron chi connectivity index (χ1n) is 6.92. The van der Waals surface area contributed by atoms with E-state index in [1.807, 2.05) is 13.2 Å². The fraction of sp³-hybridized carbons (Fsp3) is 0.400. The van der Waals surface area contributed by atoms with Gasteiger partial charge in [0.2, 0.25) is 0 Å². The number of nitrogens with one attached hydrogen (secondary N) is 1. The predicted molar refractivity (Wildman–Crippen MR) is 83.5 cm³/mol. The molecule has 5 nitrogen and oxygen atoms in total. The molecule has 0 aliphatic carbocycles. The third-order valence-corrected chi connectivity index (χ3v) is 3.72. The minimum Gasteiger partial charge on any atom is -0.461 e. The molecule has 21 heavy (non-hydrogen) atoms. The second-order valence-corrected chi connectivity index (χ2v) is 5.40. The molecule has 0 aliphatic heterocycles. The predicted octanol–water partition coefficient (Wildman–Crippen LogP) is 3.30. The fourth-order valence-corrected chi connectivity index (χ4v) is 2.56. The smallest absolute Gasteiger partial charge is 0.255 e. The van der Waals surface area contributed by atoms with E-state index in [9.17, 15) is 4.79 Å². The van der Waals surface area contributed by atoms with Crippen LogP contribution in [0, 0.1) is 6.92 Å². The summed E-state index contributed by atoms with van der Waals surface area (Å²) in [6, 6.07) is 3.60. The molecular formula is C15H19N3O2S. The number of thioether (sulfide) groups is 1. The van der Waals surface area contributed by atoms with E-state index in [-0.39, 0.29) is 5.91 Å². The van der Waals surface area contributed by atoms with Crippen LogP contribution in [-0.2, 0) is 0 Å². The molecule has 2 heterocycles. The molecular weight excluding hydrogens is 286 g/mol. The fourth-order valence-electron chi connectivity index (χ4n) is 1.94. The van der Waals surface area contributed by atoms with E-state index in [0.29, 0.717) is 34.4 Å². The third-order valence-electron chi connectivity index (χ3n) is 3.03. The summed E-state index contributed by atoms with van der Waals surface area (Å²) in [6.45, 7) is 4.58. The van der Waals surface area contributed by atoms with E-state index >= 15 is 0 Å². The number of carbonyl (C=O) groups is 1. The molecule has 2 rings (SSSR count). The van der Waals surface area contributed by atoms with E-state index in [0.717, 1.165) is 12.8 Å². The van der Waals surface area contributed by atoms with Crippen LogP contribution in [0.4, 0.5) is 0 Å². The summed E-state index contributed by atoms with van der Waals surface area (Å²) in [7, 11) is 0. The number of hydrogen-bond acceptors (Lipinski definition) is 5. The van der Waals surface area contributed by atoms with Crippen LogP contribution in [0.2, 0.25) is 0 Å². The van der Waals surface area contributed by atoms with Crippen molar-refractivity contribution < 1.29 is 9.21 Å². The zero-order chi connectivity index (χ0) is 15.2. The van der Waals surface area contributed by atoms with Crippen LogP contribution in [0.15, 0.2) is 27.8 Å². The standard InChI is InChI=1S/C15H19N3O2S/c1-4-5-8-16-14(19)12-10(2)17-13(18-15(12)21-3)11-7-6-9-20-11/h6-7,9H,4-5,8H2,1-3H3,(H,16,19). The zero-order valence-corrected chi connectivity index (χ0v) is 13.3. The summed E-state index contributed by atoms with van der Waals surface area (Å²) in [6.07, 6.45) is 5.49. The van der Waals surface area contributed by atoms with Gasteiger partial charge in [-0.2, -0.15) is 0 Å². The van der Waals surface area contributed by atoms with Gasteiger partial charge in [-0.3, -0.25) is 4.79 Å². The van der Waals surface area contributed by atoms with E-state index in [4.69, 9.17) is 4.42 Å². The molecule has 0 bridgehead atoms. The van der Waals surface area contributed by atoms with Gasteiger partial charge >= 0.3 is 0 Å². The van der Waals surface area contributed by atoms with Crippen molar-refractivity contribution in [2.24, 2.45) is 0 Å². The maximum Gasteiger partial charge on any atom is 0.255 e. The number of unbranched alkanes of at least 4 members (excludes halogenated alkanes) is 1. The Balaban J connectivity index is 2.31. The van der Waals surface area contributed by atoms with Crippen LogP contribution in [0.1, 0.15) is 35.8 Å². The van der Waals surface area contributed by atoms with Gasteiger partial charge < -0.3 is 9.73 Å². The Morgan fingerprint density at radius 3 is 2.86 bits per heavy atom. The molecule has 0 spiro atoms. The number of hydrogen-bond donors (Lipinski definition) is 1. The summed E-state index contributed by atoms with van der Waals surface area (Å²) in [5, 5.41) is 3.58. The molecule has 1 N–H and O–H groups in total. The van der Waals surface area contributed by atoms with Crippen molar-refractivity contribution in [2.75, 3.05) is 12.8 Å². The molecule has 0 saturated carbocycles. The van der Waals surface area contributed by atoms with E-state index in [1.165, 1.54) is 11.8 Å². The van der Waals surface area contributed by atoms with Crippen LogP contribution in [0.25, 0.3) is 11.6 Å². The largest absolute Gasteiger partial charge is 0.461 e. The topological polar surface area (TPSA) is 68.0 Å². The molecule has 0 aromatic carbocycles. The van der Waals surface area contributed by atoms with Crippen LogP contribution in [0.3, 0.4) is 0 Å². The second kappa shape index (κ2) is 7.26. The van der Waals surface area contributed by atoms with Gasteiger partial charge in [-0.05, 0) is 31.7 Å². The molecule has 6 heteroatoms. The molecule has 1 amide bonds. The van der Waals surface area contributed by atoms with Crippen molar-refractivity contribution in [1.82, 2.24) is 15.3 Å². The highest BCUT2D eigenvalue weighted by Crippen LogP contribution is 2.24. The molecule has 0 aliphatic rings. The van der Waals surface area contributed by atoms with Crippen LogP contribution < -0.4 is 5.32 Å². The van der Waals surface area contributed by atoms with Crippen LogP contribution in [-0.4, -0.2) is 28.7 Å². The van der Waals surface area contributed by atoms with Crippen LogP contribution in [0.5, 0.6) is 0 Å². The normalized spacial score (nSPS) is 10.6. The van der Waals surface area contributed by atoms with E-state index in [1.54, 1.807) is 18.4 Å². The molecule has 2 aromatic heterocycles. The summed E-state index contributed by atoms with van der Waals surface area (Å²) < 4.78 is 5.32. The van der Waals surface area contributed by atoms with Gasteiger partial charge in [0.1, 0.15) is 5.03 Å². The maximum absolute atomic E-state index is 12.3. The first-order valence-corrected chi connectivity index (χ1v) is 8.14. The SMILES string of the molecule is CCCCNC(=O)c1c(C)nc(-c2ccco2)nc1SC. The van der Waals surface area contributed by atoms with Crippen molar-refractivity contribution in [3.8, 4) is 11.6 Å². The van der Waals surface area contributed by atoms with Crippen molar-refractivity contribution in [3.05, 3.63) is 29.7 Å². The zero-order valence-electron chi connectivity index (χ0n) is 12.5. The first kappa shape index (κ1) is 15.6. The number of carbonyl (C=O) groups excluding carboxylic acids is 1. The van der Waals surface area contributed by atoms with Gasteiger partial charge in [-0.1, -0.05) is 13.3 Å². The van der Waals surface area contributed by atoms with Gasteiger partial charge in [-0.15, -0.1) is 11.8 Å². The van der Waals surface area contributed by atoms with E-state index < -0.39 is 0 Å². The second-order valence-electron chi connectivity index (χ2n) is 4.60. The van der Waals surface area contributed by atoms with Crippen molar-refractivity contribution in [3.63, 3.8) is 0 Å². The molecule has 0 unspecified atom stereocenters. The molecule has 0 saturated heterocycles. The molecule has 0 fully saturated rings. The highest BCUT2D eigenvalue weighted by molar-refractivity contribution is 7.98. The average Bonchev–Trinajstić information content (AvgIpc) is 3.00. The number of furan rings is 1. The quantitative estimate of drug-likeness (QED) is 0.504. The molecule has 0 atom stereocenters. The highest BCUT2D eigenvalue weighted by Gasteiger charge is 2.19. The number of amides is 1. The highest BCUT2D eigenvalue weighted by atomic mass is 32.2. The van der Waals surface area contributed by atoms with Crippen molar-refractivity contribution >= 4 is 17.7 Å². The number of aromatic nitrogens is 2. The van der Waals surface area contributed by atoms with Crippen molar-refractivity contribution in [2.45, 2.75) is 31.7 Å². The van der Waals surface area contributed by atoms with Gasteiger partial charge in [0.15, 0.2) is 11.6 Å². The molecule has 0 radical (unpaired) electrons. The Hall–Kier alpha value is -1.82. The van der Waals surface area contributed by atoms with Crippen LogP contribution >= 0.6 is 11.8 Å². The Bertz CT molecular complexity index is 612. The van der Waals surface area contributed by atoms with Gasteiger partial charge in [-0.25, -0.2) is 9.97 Å². The lowest BCUT2D eigenvalue weighted by Gasteiger charge is -2.11. The molecule has 2 aromatic rings. The Labute approximate surface area is 128 Å². The summed E-state index contributed by atoms with van der Waals surface area (Å²) in [5.74, 6) is 0.995. The number of rotatable bonds is 6. The van der Waals surface area contributed by atoms with Gasteiger partial charge in [0.25, 0.3) is 5.91 Å². The maximum atomic E-state index is 12.3. The first-order chi connectivity index (χ1) is 10.2.